The normalized spacial score (nSPS) is 27.6. The van der Waals surface area contributed by atoms with E-state index in [9.17, 15) is 0 Å². The van der Waals surface area contributed by atoms with Gasteiger partial charge in [0.15, 0.2) is 0 Å². The zero-order chi connectivity index (χ0) is 11.3. The summed E-state index contributed by atoms with van der Waals surface area (Å²) in [7, 11) is 1.81. The van der Waals surface area contributed by atoms with Crippen molar-refractivity contribution in [2.24, 2.45) is 11.3 Å². The van der Waals surface area contributed by atoms with Crippen molar-refractivity contribution in [2.75, 3.05) is 20.3 Å². The molecule has 0 aromatic rings. The third-order valence-corrected chi connectivity index (χ3v) is 3.89. The smallest absolute Gasteiger partial charge is 0.0618 e. The molecule has 0 bridgehead atoms. The van der Waals surface area contributed by atoms with E-state index < -0.39 is 0 Å². The second-order valence-corrected chi connectivity index (χ2v) is 5.46. The Hall–Kier alpha value is -0.0800. The predicted molar refractivity (Wildman–Crippen MR) is 65.1 cm³/mol. The predicted octanol–water partition coefficient (Wildman–Crippen LogP) is 2.83. The first-order valence-electron chi connectivity index (χ1n) is 6.34. The van der Waals surface area contributed by atoms with Crippen molar-refractivity contribution < 1.29 is 4.74 Å². The van der Waals surface area contributed by atoms with Gasteiger partial charge in [-0.25, -0.2) is 0 Å². The molecule has 1 fully saturated rings. The standard InChI is InChI=1S/C13H27NO/c1-5-14-12(10-15-4)11-8-6-7-9-13(11,2)3/h11-12,14H,5-10H2,1-4H3. The Morgan fingerprint density at radius 1 is 1.40 bits per heavy atom. The number of rotatable bonds is 5. The molecule has 1 saturated carbocycles. The SMILES string of the molecule is CCNC(COC)C1CCCCC1(C)C. The van der Waals surface area contributed by atoms with Crippen molar-refractivity contribution in [1.82, 2.24) is 5.32 Å². The van der Waals surface area contributed by atoms with E-state index in [1.165, 1.54) is 25.7 Å². The fraction of sp³-hybridized carbons (Fsp3) is 1.00. The molecule has 0 aromatic carbocycles. The van der Waals surface area contributed by atoms with Crippen LogP contribution >= 0.6 is 0 Å². The van der Waals surface area contributed by atoms with Crippen LogP contribution in [-0.4, -0.2) is 26.3 Å². The highest BCUT2D eigenvalue weighted by atomic mass is 16.5. The van der Waals surface area contributed by atoms with Crippen LogP contribution in [0, 0.1) is 11.3 Å². The number of methoxy groups -OCH3 is 1. The van der Waals surface area contributed by atoms with Crippen molar-refractivity contribution in [3.05, 3.63) is 0 Å². The first-order valence-corrected chi connectivity index (χ1v) is 6.34. The largest absolute Gasteiger partial charge is 0.383 e. The van der Waals surface area contributed by atoms with E-state index in [1.54, 1.807) is 7.11 Å². The molecule has 1 rings (SSSR count). The highest BCUT2D eigenvalue weighted by Crippen LogP contribution is 2.42. The lowest BCUT2D eigenvalue weighted by Crippen LogP contribution is -2.47. The zero-order valence-electron chi connectivity index (χ0n) is 10.8. The Balaban J connectivity index is 2.62. The fourth-order valence-electron chi connectivity index (χ4n) is 3.03. The Morgan fingerprint density at radius 3 is 2.67 bits per heavy atom. The first-order chi connectivity index (χ1) is 7.11. The second kappa shape index (κ2) is 5.86. The van der Waals surface area contributed by atoms with E-state index in [4.69, 9.17) is 4.74 Å². The maximum atomic E-state index is 5.34. The Labute approximate surface area is 94.8 Å². The maximum absolute atomic E-state index is 5.34. The van der Waals surface area contributed by atoms with Gasteiger partial charge in [-0.2, -0.15) is 0 Å². The third-order valence-electron chi connectivity index (χ3n) is 3.89. The van der Waals surface area contributed by atoms with Gasteiger partial charge >= 0.3 is 0 Å². The molecule has 2 atom stereocenters. The number of nitrogens with one attached hydrogen (secondary N) is 1. The number of hydrogen-bond acceptors (Lipinski definition) is 2. The molecule has 0 radical (unpaired) electrons. The van der Waals surface area contributed by atoms with Gasteiger partial charge in [0.2, 0.25) is 0 Å². The van der Waals surface area contributed by atoms with Crippen LogP contribution in [0.5, 0.6) is 0 Å². The molecule has 1 aliphatic carbocycles. The summed E-state index contributed by atoms with van der Waals surface area (Å²) in [5, 5.41) is 3.58. The summed E-state index contributed by atoms with van der Waals surface area (Å²) in [6, 6.07) is 0.537. The van der Waals surface area contributed by atoms with E-state index in [0.717, 1.165) is 19.1 Å². The summed E-state index contributed by atoms with van der Waals surface area (Å²) >= 11 is 0. The van der Waals surface area contributed by atoms with Crippen LogP contribution in [0.2, 0.25) is 0 Å². The van der Waals surface area contributed by atoms with Gasteiger partial charge in [0.05, 0.1) is 6.61 Å². The zero-order valence-corrected chi connectivity index (χ0v) is 10.8. The van der Waals surface area contributed by atoms with E-state index in [2.05, 4.69) is 26.1 Å². The van der Waals surface area contributed by atoms with Gasteiger partial charge in [-0.05, 0) is 30.7 Å². The minimum Gasteiger partial charge on any atom is -0.383 e. The minimum absolute atomic E-state index is 0.476. The third kappa shape index (κ3) is 3.46. The van der Waals surface area contributed by atoms with Gasteiger partial charge in [-0.15, -0.1) is 0 Å². The van der Waals surface area contributed by atoms with Crippen LogP contribution in [0.15, 0.2) is 0 Å². The van der Waals surface area contributed by atoms with Crippen LogP contribution in [0.3, 0.4) is 0 Å². The molecular formula is C13H27NO. The molecule has 2 heteroatoms. The molecule has 0 heterocycles. The van der Waals surface area contributed by atoms with Crippen molar-refractivity contribution in [3.63, 3.8) is 0 Å². The van der Waals surface area contributed by atoms with E-state index in [1.807, 2.05) is 0 Å². The van der Waals surface area contributed by atoms with E-state index in [0.29, 0.717) is 11.5 Å². The molecule has 2 nitrogen and oxygen atoms in total. The lowest BCUT2D eigenvalue weighted by atomic mass is 9.66. The maximum Gasteiger partial charge on any atom is 0.0618 e. The summed E-state index contributed by atoms with van der Waals surface area (Å²) in [6.07, 6.45) is 5.51. The van der Waals surface area contributed by atoms with Crippen molar-refractivity contribution in [1.29, 1.82) is 0 Å². The van der Waals surface area contributed by atoms with Crippen molar-refractivity contribution in [3.8, 4) is 0 Å². The van der Waals surface area contributed by atoms with Crippen molar-refractivity contribution >= 4 is 0 Å². The fourth-order valence-corrected chi connectivity index (χ4v) is 3.03. The van der Waals surface area contributed by atoms with Gasteiger partial charge in [0, 0.05) is 13.2 Å². The van der Waals surface area contributed by atoms with Crippen LogP contribution in [-0.2, 0) is 4.74 Å². The molecule has 15 heavy (non-hydrogen) atoms. The van der Waals surface area contributed by atoms with Gasteiger partial charge in [-0.3, -0.25) is 0 Å². The quantitative estimate of drug-likeness (QED) is 0.758. The van der Waals surface area contributed by atoms with Crippen LogP contribution in [0.4, 0.5) is 0 Å². The Kier molecular flexibility index (Phi) is 5.07. The molecule has 1 aliphatic rings. The molecule has 2 unspecified atom stereocenters. The van der Waals surface area contributed by atoms with Gasteiger partial charge in [-0.1, -0.05) is 33.6 Å². The monoisotopic (exact) mass is 213 g/mol. The average molecular weight is 213 g/mol. The Bertz CT molecular complexity index is 173. The molecule has 0 spiro atoms. The average Bonchev–Trinajstić information content (AvgIpc) is 2.17. The molecule has 1 N–H and O–H groups in total. The lowest BCUT2D eigenvalue weighted by Gasteiger charge is -2.43. The topological polar surface area (TPSA) is 21.3 Å². The minimum atomic E-state index is 0.476. The van der Waals surface area contributed by atoms with E-state index in [-0.39, 0.29) is 0 Å². The summed E-state index contributed by atoms with van der Waals surface area (Å²) < 4.78 is 5.34. The number of ether oxygens (including phenoxy) is 1. The summed E-state index contributed by atoms with van der Waals surface area (Å²) in [4.78, 5) is 0. The van der Waals surface area contributed by atoms with Crippen LogP contribution in [0.25, 0.3) is 0 Å². The summed E-state index contributed by atoms with van der Waals surface area (Å²) in [6.45, 7) is 8.90. The van der Waals surface area contributed by atoms with Crippen molar-refractivity contribution in [2.45, 2.75) is 52.5 Å². The van der Waals surface area contributed by atoms with Gasteiger partial charge < -0.3 is 10.1 Å². The molecule has 0 saturated heterocycles. The number of likely N-dealkylation sites (N-methyl/N-ethyl adjacent to an activating group) is 1. The molecule has 0 aromatic heterocycles. The van der Waals surface area contributed by atoms with Gasteiger partial charge in [0.25, 0.3) is 0 Å². The second-order valence-electron chi connectivity index (χ2n) is 5.46. The summed E-state index contributed by atoms with van der Waals surface area (Å²) in [5.74, 6) is 0.770. The molecular weight excluding hydrogens is 186 g/mol. The molecule has 90 valence electrons. The summed E-state index contributed by atoms with van der Waals surface area (Å²) in [5.41, 5.74) is 0.476. The highest BCUT2D eigenvalue weighted by Gasteiger charge is 2.36. The lowest BCUT2D eigenvalue weighted by molar-refractivity contribution is 0.0547. The molecule has 0 aliphatic heterocycles. The Morgan fingerprint density at radius 2 is 2.13 bits per heavy atom. The highest BCUT2D eigenvalue weighted by molar-refractivity contribution is 4.90. The van der Waals surface area contributed by atoms with Gasteiger partial charge in [0.1, 0.15) is 0 Å². The van der Waals surface area contributed by atoms with Crippen LogP contribution in [0.1, 0.15) is 46.5 Å². The van der Waals surface area contributed by atoms with Crippen LogP contribution < -0.4 is 5.32 Å². The van der Waals surface area contributed by atoms with E-state index >= 15 is 0 Å². The number of hydrogen-bond donors (Lipinski definition) is 1. The first kappa shape index (κ1) is 13.0. The molecule has 0 amide bonds.